The van der Waals surface area contributed by atoms with Gasteiger partial charge in [-0.2, -0.15) is 0 Å². The molecule has 1 nitrogen and oxygen atoms in total. The first-order chi connectivity index (χ1) is 5.08. The Balaban J connectivity index is 2.64. The molecule has 0 saturated heterocycles. The average Bonchev–Trinajstić information content (AvgIpc) is 1.86. The van der Waals surface area contributed by atoms with Gasteiger partial charge >= 0.3 is 0 Å². The van der Waals surface area contributed by atoms with Gasteiger partial charge in [-0.3, -0.25) is 0 Å². The van der Waals surface area contributed by atoms with E-state index in [1.54, 1.807) is 0 Å². The normalized spacial score (nSPS) is 37.1. The van der Waals surface area contributed by atoms with Crippen LogP contribution in [0.1, 0.15) is 40.0 Å². The fourth-order valence-corrected chi connectivity index (χ4v) is 2.46. The molecule has 1 N–H and O–H groups in total. The lowest BCUT2D eigenvalue weighted by atomic mass is 9.64. The number of rotatable bonds is 1. The van der Waals surface area contributed by atoms with Crippen LogP contribution in [-0.4, -0.2) is 11.7 Å². The Morgan fingerprint density at radius 3 is 2.45 bits per heavy atom. The smallest absolute Gasteiger partial charge is 0.0466 e. The van der Waals surface area contributed by atoms with Crippen LogP contribution in [0.4, 0.5) is 0 Å². The minimum absolute atomic E-state index is 0.367. The van der Waals surface area contributed by atoms with Crippen molar-refractivity contribution in [3.8, 4) is 0 Å². The molecule has 1 aliphatic rings. The van der Waals surface area contributed by atoms with E-state index >= 15 is 0 Å². The van der Waals surface area contributed by atoms with Crippen molar-refractivity contribution in [2.45, 2.75) is 40.0 Å². The van der Waals surface area contributed by atoms with Gasteiger partial charge in [0.05, 0.1) is 0 Å². The maximum absolute atomic E-state index is 9.20. The van der Waals surface area contributed by atoms with Crippen molar-refractivity contribution in [3.05, 3.63) is 0 Å². The average molecular weight is 156 g/mol. The molecule has 0 aliphatic heterocycles. The van der Waals surface area contributed by atoms with E-state index in [0.717, 1.165) is 0 Å². The molecule has 0 amide bonds. The Kier molecular flexibility index (Phi) is 2.58. The van der Waals surface area contributed by atoms with Crippen LogP contribution in [0.15, 0.2) is 0 Å². The zero-order valence-electron chi connectivity index (χ0n) is 7.93. The Bertz CT molecular complexity index is 129. The third-order valence-corrected chi connectivity index (χ3v) is 3.37. The molecule has 0 aromatic heterocycles. The van der Waals surface area contributed by atoms with E-state index in [9.17, 15) is 5.11 Å². The molecule has 1 aliphatic carbocycles. The molecule has 66 valence electrons. The maximum atomic E-state index is 9.20. The van der Waals surface area contributed by atoms with Crippen LogP contribution >= 0.6 is 0 Å². The summed E-state index contributed by atoms with van der Waals surface area (Å²) in [5, 5.41) is 9.20. The predicted octanol–water partition coefficient (Wildman–Crippen LogP) is 2.44. The monoisotopic (exact) mass is 156 g/mol. The molecule has 1 saturated carbocycles. The molecule has 0 heterocycles. The third-order valence-electron chi connectivity index (χ3n) is 3.37. The number of hydrogen-bond donors (Lipinski definition) is 1. The lowest BCUT2D eigenvalue weighted by Gasteiger charge is -2.41. The van der Waals surface area contributed by atoms with Gasteiger partial charge in [0.2, 0.25) is 0 Å². The van der Waals surface area contributed by atoms with Crippen molar-refractivity contribution in [1.29, 1.82) is 0 Å². The summed E-state index contributed by atoms with van der Waals surface area (Å²) in [4.78, 5) is 0. The Morgan fingerprint density at radius 1 is 1.45 bits per heavy atom. The van der Waals surface area contributed by atoms with E-state index in [1.165, 1.54) is 19.3 Å². The molecule has 0 spiro atoms. The minimum Gasteiger partial charge on any atom is -0.396 e. The molecule has 0 bridgehead atoms. The molecule has 0 aromatic carbocycles. The Hall–Kier alpha value is -0.0400. The van der Waals surface area contributed by atoms with Gasteiger partial charge in [-0.15, -0.1) is 0 Å². The van der Waals surface area contributed by atoms with Gasteiger partial charge < -0.3 is 5.11 Å². The molecule has 11 heavy (non-hydrogen) atoms. The highest BCUT2D eigenvalue weighted by Crippen LogP contribution is 2.43. The minimum atomic E-state index is 0.367. The first-order valence-corrected chi connectivity index (χ1v) is 4.69. The van der Waals surface area contributed by atoms with Crippen molar-refractivity contribution in [2.24, 2.45) is 17.3 Å². The van der Waals surface area contributed by atoms with E-state index < -0.39 is 0 Å². The lowest BCUT2D eigenvalue weighted by molar-refractivity contribution is 0.0324. The van der Waals surface area contributed by atoms with E-state index in [-0.39, 0.29) is 0 Å². The molecule has 0 radical (unpaired) electrons. The molecule has 0 aromatic rings. The quantitative estimate of drug-likeness (QED) is 0.618. The summed E-state index contributed by atoms with van der Waals surface area (Å²) in [7, 11) is 0. The highest BCUT2D eigenvalue weighted by molar-refractivity contribution is 4.85. The van der Waals surface area contributed by atoms with Crippen molar-refractivity contribution < 1.29 is 5.11 Å². The summed E-state index contributed by atoms with van der Waals surface area (Å²) in [6.45, 7) is 7.20. The van der Waals surface area contributed by atoms with Crippen LogP contribution in [0.2, 0.25) is 0 Å². The van der Waals surface area contributed by atoms with E-state index in [2.05, 4.69) is 20.8 Å². The second-order valence-electron chi connectivity index (χ2n) is 4.65. The zero-order chi connectivity index (χ0) is 8.48. The Morgan fingerprint density at radius 2 is 2.09 bits per heavy atom. The summed E-state index contributed by atoms with van der Waals surface area (Å²) in [5.74, 6) is 1.24. The topological polar surface area (TPSA) is 20.2 Å². The number of aliphatic hydroxyl groups excluding tert-OH is 1. The zero-order valence-corrected chi connectivity index (χ0v) is 7.93. The van der Waals surface area contributed by atoms with Gasteiger partial charge in [0.1, 0.15) is 0 Å². The predicted molar refractivity (Wildman–Crippen MR) is 47.4 cm³/mol. The second kappa shape index (κ2) is 3.14. The first-order valence-electron chi connectivity index (χ1n) is 4.69. The summed E-state index contributed by atoms with van der Waals surface area (Å²) < 4.78 is 0. The van der Waals surface area contributed by atoms with Gasteiger partial charge in [-0.25, -0.2) is 0 Å². The maximum Gasteiger partial charge on any atom is 0.0466 e. The van der Waals surface area contributed by atoms with Crippen molar-refractivity contribution >= 4 is 0 Å². The summed E-state index contributed by atoms with van der Waals surface area (Å²) in [5.41, 5.74) is 0.367. The highest BCUT2D eigenvalue weighted by Gasteiger charge is 2.35. The largest absolute Gasteiger partial charge is 0.396 e. The van der Waals surface area contributed by atoms with Crippen LogP contribution < -0.4 is 0 Å². The molecule has 1 heteroatoms. The van der Waals surface area contributed by atoms with Crippen molar-refractivity contribution in [1.82, 2.24) is 0 Å². The SMILES string of the molecule is C[C@H]1CCCC(C)(C)[C@H]1CO. The Labute approximate surface area is 69.8 Å². The molecule has 0 unspecified atom stereocenters. The van der Waals surface area contributed by atoms with Gasteiger partial charge in [0.25, 0.3) is 0 Å². The summed E-state index contributed by atoms with van der Waals surface area (Å²) in [6, 6.07) is 0. The van der Waals surface area contributed by atoms with Crippen molar-refractivity contribution in [3.63, 3.8) is 0 Å². The standard InChI is InChI=1S/C10H20O/c1-8-5-4-6-10(2,3)9(8)7-11/h8-9,11H,4-7H2,1-3H3/t8-,9-/m0/s1. The van der Waals surface area contributed by atoms with E-state index in [4.69, 9.17) is 0 Å². The van der Waals surface area contributed by atoms with E-state index in [0.29, 0.717) is 23.9 Å². The van der Waals surface area contributed by atoms with Crippen LogP contribution in [-0.2, 0) is 0 Å². The van der Waals surface area contributed by atoms with Gasteiger partial charge in [0.15, 0.2) is 0 Å². The van der Waals surface area contributed by atoms with Gasteiger partial charge in [-0.1, -0.05) is 33.6 Å². The van der Waals surface area contributed by atoms with Crippen LogP contribution in [0, 0.1) is 17.3 Å². The fourth-order valence-electron chi connectivity index (χ4n) is 2.46. The third kappa shape index (κ3) is 1.76. The lowest BCUT2D eigenvalue weighted by Crippen LogP contribution is -2.35. The van der Waals surface area contributed by atoms with Gasteiger partial charge in [0, 0.05) is 6.61 Å². The van der Waals surface area contributed by atoms with E-state index in [1.807, 2.05) is 0 Å². The van der Waals surface area contributed by atoms with Crippen LogP contribution in [0.5, 0.6) is 0 Å². The highest BCUT2D eigenvalue weighted by atomic mass is 16.3. The van der Waals surface area contributed by atoms with Crippen LogP contribution in [0.25, 0.3) is 0 Å². The molecule has 1 fully saturated rings. The summed E-state index contributed by atoms with van der Waals surface area (Å²) in [6.07, 6.45) is 3.92. The van der Waals surface area contributed by atoms with Crippen LogP contribution in [0.3, 0.4) is 0 Å². The van der Waals surface area contributed by atoms with Crippen molar-refractivity contribution in [2.75, 3.05) is 6.61 Å². The molecular weight excluding hydrogens is 136 g/mol. The van der Waals surface area contributed by atoms with Gasteiger partial charge in [-0.05, 0) is 23.7 Å². The fraction of sp³-hybridized carbons (Fsp3) is 1.00. The number of aliphatic hydroxyl groups is 1. The number of hydrogen-bond acceptors (Lipinski definition) is 1. The molecule has 1 rings (SSSR count). The second-order valence-corrected chi connectivity index (χ2v) is 4.65. The first kappa shape index (κ1) is 9.05. The summed E-state index contributed by atoms with van der Waals surface area (Å²) >= 11 is 0. The molecular formula is C10H20O. The molecule has 2 atom stereocenters.